The quantitative estimate of drug-likeness (QED) is 0.661. The topological polar surface area (TPSA) is 64.7 Å². The van der Waals surface area contributed by atoms with Crippen molar-refractivity contribution in [3.05, 3.63) is 48.0 Å². The van der Waals surface area contributed by atoms with Crippen LogP contribution in [0, 0.1) is 0 Å². The molecule has 3 rings (SSSR count). The van der Waals surface area contributed by atoms with Gasteiger partial charge in [-0.05, 0) is 24.3 Å². The summed E-state index contributed by atoms with van der Waals surface area (Å²) >= 11 is 5.71. The van der Waals surface area contributed by atoms with Gasteiger partial charge in [0.1, 0.15) is 5.15 Å². The second kappa shape index (κ2) is 4.54. The van der Waals surface area contributed by atoms with Gasteiger partial charge >= 0.3 is 0 Å². The Morgan fingerprint density at radius 3 is 2.72 bits per heavy atom. The van der Waals surface area contributed by atoms with E-state index in [1.807, 2.05) is 12.1 Å². The monoisotopic (exact) mass is 258 g/mol. The average Bonchev–Trinajstić information content (AvgIpc) is 2.90. The summed E-state index contributed by atoms with van der Waals surface area (Å²) in [5.41, 5.74) is 1.52. The van der Waals surface area contributed by atoms with E-state index < -0.39 is 0 Å². The van der Waals surface area contributed by atoms with Gasteiger partial charge in [-0.2, -0.15) is 4.98 Å². The predicted molar refractivity (Wildman–Crippen MR) is 65.8 cm³/mol. The molecule has 18 heavy (non-hydrogen) atoms. The summed E-state index contributed by atoms with van der Waals surface area (Å²) in [5.74, 6) is 0.895. The molecule has 0 aliphatic rings. The van der Waals surface area contributed by atoms with Crippen LogP contribution in [0.2, 0.25) is 5.15 Å². The number of hydrogen-bond acceptors (Lipinski definition) is 5. The standard InChI is InChI=1S/C12H7ClN4O/c13-10-4-3-9(7-15-10)12-16-11(17-18-12)8-2-1-5-14-6-8/h1-7H. The van der Waals surface area contributed by atoms with Gasteiger partial charge in [-0.25, -0.2) is 4.98 Å². The molecule has 0 atom stereocenters. The number of hydrogen-bond donors (Lipinski definition) is 0. The molecule has 0 bridgehead atoms. The van der Waals surface area contributed by atoms with E-state index in [1.165, 1.54) is 0 Å². The Kier molecular flexibility index (Phi) is 2.74. The van der Waals surface area contributed by atoms with Gasteiger partial charge in [-0.15, -0.1) is 0 Å². The molecule has 0 unspecified atom stereocenters. The largest absolute Gasteiger partial charge is 0.334 e. The number of halogens is 1. The smallest absolute Gasteiger partial charge is 0.259 e. The maximum Gasteiger partial charge on any atom is 0.259 e. The van der Waals surface area contributed by atoms with E-state index >= 15 is 0 Å². The summed E-state index contributed by atoms with van der Waals surface area (Å²) in [4.78, 5) is 12.2. The third kappa shape index (κ3) is 2.08. The minimum Gasteiger partial charge on any atom is -0.334 e. The SMILES string of the molecule is Clc1ccc(-c2nc(-c3cccnc3)no2)cn1. The molecular formula is C12H7ClN4O. The van der Waals surface area contributed by atoms with Crippen LogP contribution in [0.3, 0.4) is 0 Å². The van der Waals surface area contributed by atoms with E-state index in [0.29, 0.717) is 16.9 Å². The fourth-order valence-electron chi connectivity index (χ4n) is 1.46. The van der Waals surface area contributed by atoms with Crippen LogP contribution < -0.4 is 0 Å². The summed E-state index contributed by atoms with van der Waals surface area (Å²) < 4.78 is 5.17. The first-order valence-electron chi connectivity index (χ1n) is 5.19. The van der Waals surface area contributed by atoms with E-state index in [1.54, 1.807) is 30.7 Å². The fourth-order valence-corrected chi connectivity index (χ4v) is 1.57. The van der Waals surface area contributed by atoms with Crippen LogP contribution in [0.25, 0.3) is 22.8 Å². The first-order valence-corrected chi connectivity index (χ1v) is 5.57. The molecule has 0 fully saturated rings. The Balaban J connectivity index is 1.97. The van der Waals surface area contributed by atoms with Gasteiger partial charge < -0.3 is 4.52 Å². The molecule has 0 amide bonds. The highest BCUT2D eigenvalue weighted by Crippen LogP contribution is 2.21. The third-order valence-electron chi connectivity index (χ3n) is 2.32. The van der Waals surface area contributed by atoms with Crippen LogP contribution in [0.5, 0.6) is 0 Å². The molecule has 0 radical (unpaired) electrons. The molecule has 0 saturated heterocycles. The van der Waals surface area contributed by atoms with Crippen molar-refractivity contribution in [3.63, 3.8) is 0 Å². The molecule has 0 N–H and O–H groups in total. The molecule has 0 aromatic carbocycles. The summed E-state index contributed by atoms with van der Waals surface area (Å²) in [6, 6.07) is 7.12. The van der Waals surface area contributed by atoms with Gasteiger partial charge in [-0.3, -0.25) is 4.98 Å². The minimum atomic E-state index is 0.401. The number of nitrogens with zero attached hydrogens (tertiary/aromatic N) is 4. The van der Waals surface area contributed by atoms with Crippen LogP contribution in [0.4, 0.5) is 0 Å². The molecule has 0 aliphatic carbocycles. The lowest BCUT2D eigenvalue weighted by molar-refractivity contribution is 0.432. The van der Waals surface area contributed by atoms with Crippen molar-refractivity contribution in [1.29, 1.82) is 0 Å². The fraction of sp³-hybridized carbons (Fsp3) is 0. The van der Waals surface area contributed by atoms with E-state index in [-0.39, 0.29) is 0 Å². The summed E-state index contributed by atoms with van der Waals surface area (Å²) in [6.45, 7) is 0. The Morgan fingerprint density at radius 2 is 2.00 bits per heavy atom. The van der Waals surface area contributed by atoms with Crippen LogP contribution in [-0.2, 0) is 0 Å². The molecule has 3 aromatic heterocycles. The van der Waals surface area contributed by atoms with Crippen molar-refractivity contribution < 1.29 is 4.52 Å². The zero-order valence-electron chi connectivity index (χ0n) is 9.12. The normalized spacial score (nSPS) is 10.5. The summed E-state index contributed by atoms with van der Waals surface area (Å²) in [5, 5.41) is 4.32. The molecule has 5 nitrogen and oxygen atoms in total. The van der Waals surface area contributed by atoms with Gasteiger partial charge in [0, 0.05) is 24.2 Å². The van der Waals surface area contributed by atoms with E-state index in [9.17, 15) is 0 Å². The molecule has 0 aliphatic heterocycles. The number of pyridine rings is 2. The second-order valence-electron chi connectivity index (χ2n) is 3.53. The molecule has 3 heterocycles. The summed E-state index contributed by atoms with van der Waals surface area (Å²) in [6.07, 6.45) is 4.95. The zero-order valence-corrected chi connectivity index (χ0v) is 9.87. The lowest BCUT2D eigenvalue weighted by atomic mass is 10.2. The first-order chi connectivity index (χ1) is 8.83. The van der Waals surface area contributed by atoms with Gasteiger partial charge in [0.25, 0.3) is 5.89 Å². The van der Waals surface area contributed by atoms with E-state index in [4.69, 9.17) is 16.1 Å². The highest BCUT2D eigenvalue weighted by atomic mass is 35.5. The zero-order chi connectivity index (χ0) is 12.4. The van der Waals surface area contributed by atoms with Crippen molar-refractivity contribution in [1.82, 2.24) is 20.1 Å². The second-order valence-corrected chi connectivity index (χ2v) is 3.92. The Bertz CT molecular complexity index is 651. The van der Waals surface area contributed by atoms with Crippen LogP contribution in [0.1, 0.15) is 0 Å². The Morgan fingerprint density at radius 1 is 1.06 bits per heavy atom. The first kappa shape index (κ1) is 10.9. The van der Waals surface area contributed by atoms with Crippen molar-refractivity contribution in [2.24, 2.45) is 0 Å². The van der Waals surface area contributed by atoms with Crippen molar-refractivity contribution in [2.45, 2.75) is 0 Å². The van der Waals surface area contributed by atoms with Crippen LogP contribution in [-0.4, -0.2) is 20.1 Å². The molecule has 6 heteroatoms. The van der Waals surface area contributed by atoms with Crippen molar-refractivity contribution in [3.8, 4) is 22.8 Å². The molecule has 0 spiro atoms. The Labute approximate surface area is 107 Å². The van der Waals surface area contributed by atoms with Gasteiger partial charge in [0.15, 0.2) is 0 Å². The highest BCUT2D eigenvalue weighted by Gasteiger charge is 2.10. The maximum atomic E-state index is 5.71. The number of rotatable bonds is 2. The van der Waals surface area contributed by atoms with Crippen LogP contribution >= 0.6 is 11.6 Å². The maximum absolute atomic E-state index is 5.71. The number of aromatic nitrogens is 4. The van der Waals surface area contributed by atoms with E-state index in [2.05, 4.69) is 20.1 Å². The molecule has 3 aromatic rings. The third-order valence-corrected chi connectivity index (χ3v) is 2.54. The van der Waals surface area contributed by atoms with Gasteiger partial charge in [-0.1, -0.05) is 16.8 Å². The molecule has 88 valence electrons. The predicted octanol–water partition coefficient (Wildman–Crippen LogP) is 2.85. The Hall–Kier alpha value is -2.27. The minimum absolute atomic E-state index is 0.401. The lowest BCUT2D eigenvalue weighted by Gasteiger charge is -1.92. The highest BCUT2D eigenvalue weighted by molar-refractivity contribution is 6.29. The van der Waals surface area contributed by atoms with Crippen molar-refractivity contribution in [2.75, 3.05) is 0 Å². The van der Waals surface area contributed by atoms with Crippen LogP contribution in [0.15, 0.2) is 47.4 Å². The molecular weight excluding hydrogens is 252 g/mol. The molecule has 0 saturated carbocycles. The lowest BCUT2D eigenvalue weighted by Crippen LogP contribution is -1.83. The average molecular weight is 259 g/mol. The van der Waals surface area contributed by atoms with Gasteiger partial charge in [0.2, 0.25) is 5.82 Å². The van der Waals surface area contributed by atoms with Crippen molar-refractivity contribution >= 4 is 11.6 Å². The van der Waals surface area contributed by atoms with Gasteiger partial charge in [0.05, 0.1) is 5.56 Å². The summed E-state index contributed by atoms with van der Waals surface area (Å²) in [7, 11) is 0. The van der Waals surface area contributed by atoms with E-state index in [0.717, 1.165) is 11.1 Å².